The Balaban J connectivity index is 0.000000547. The van der Waals surface area contributed by atoms with Crippen LogP contribution >= 0.6 is 0 Å². The quantitative estimate of drug-likeness (QED) is 0.417. The summed E-state index contributed by atoms with van der Waals surface area (Å²) in [6.45, 7) is 0. The molecule has 1 fully saturated rings. The summed E-state index contributed by atoms with van der Waals surface area (Å²) in [6.07, 6.45) is 0. The fourth-order valence-corrected chi connectivity index (χ4v) is 4.42. The monoisotopic (exact) mass is 472 g/mol. The van der Waals surface area contributed by atoms with E-state index in [-0.39, 0.29) is 0 Å². The Morgan fingerprint density at radius 3 is 1.08 bits per heavy atom. The standard InChI is InChI=1S/C3F6NO4S2.F2NO4S2/c4-1(5)2(6,7)15(11,12)10-16(13,14)3(1,8)9;1-8(4,5)3-9(2,6)7/q2*-1. The van der Waals surface area contributed by atoms with Crippen LogP contribution in [0.25, 0.3) is 8.25 Å². The zero-order valence-corrected chi connectivity index (χ0v) is 13.6. The van der Waals surface area contributed by atoms with Crippen LogP contribution in [0.3, 0.4) is 0 Å². The molecule has 1 heterocycles. The molecule has 0 aromatic heterocycles. The Kier molecular flexibility index (Phi) is 5.90. The van der Waals surface area contributed by atoms with Gasteiger partial charge in [0.15, 0.2) is 20.0 Å². The van der Waals surface area contributed by atoms with Crippen molar-refractivity contribution in [3.63, 3.8) is 0 Å². The molecule has 0 saturated carbocycles. The first kappa shape index (κ1) is 24.2. The fraction of sp³-hybridized carbons (Fsp3) is 1.00. The highest BCUT2D eigenvalue weighted by Crippen LogP contribution is 2.57. The van der Waals surface area contributed by atoms with Crippen molar-refractivity contribution in [1.82, 2.24) is 0 Å². The number of sulfonamides is 2. The van der Waals surface area contributed by atoms with E-state index in [1.54, 1.807) is 0 Å². The normalized spacial score (nSPS) is 26.1. The SMILES string of the molecule is O=S(=O)(F)[N-]S(=O)(=O)F.O=S1(=O)[N-]S(=O)(=O)C(F)(F)C(F)(F)C1(F)F. The van der Waals surface area contributed by atoms with E-state index in [1.165, 1.54) is 0 Å². The van der Waals surface area contributed by atoms with Gasteiger partial charge in [-0.2, -0.15) is 26.3 Å². The van der Waals surface area contributed by atoms with Crippen LogP contribution in [0.5, 0.6) is 0 Å². The number of alkyl halides is 6. The van der Waals surface area contributed by atoms with Crippen molar-refractivity contribution >= 4 is 40.9 Å². The second kappa shape index (κ2) is 6.11. The van der Waals surface area contributed by atoms with Crippen molar-refractivity contribution in [2.24, 2.45) is 0 Å². The molecule has 0 N–H and O–H groups in total. The van der Waals surface area contributed by atoms with Crippen LogP contribution in [-0.2, 0) is 40.9 Å². The third-order valence-electron chi connectivity index (χ3n) is 1.75. The fourth-order valence-electron chi connectivity index (χ4n) is 0.823. The average molecular weight is 472 g/mol. The minimum Gasteiger partial charge on any atom is -0.425 e. The third-order valence-corrected chi connectivity index (χ3v) is 6.56. The second-order valence-electron chi connectivity index (χ2n) is 3.53. The maximum Gasteiger partial charge on any atom is 0.399 e. The molecule has 0 amide bonds. The van der Waals surface area contributed by atoms with Crippen LogP contribution in [0.1, 0.15) is 0 Å². The van der Waals surface area contributed by atoms with Crippen molar-refractivity contribution in [2.75, 3.05) is 0 Å². The van der Waals surface area contributed by atoms with Crippen LogP contribution < -0.4 is 0 Å². The maximum absolute atomic E-state index is 12.4. The molecule has 0 aliphatic carbocycles. The molecular formula is C3F8N2O8S4-2. The highest BCUT2D eigenvalue weighted by Gasteiger charge is 2.81. The van der Waals surface area contributed by atoms with Gasteiger partial charge in [-0.15, -0.1) is 7.77 Å². The molecule has 0 bridgehead atoms. The highest BCUT2D eigenvalue weighted by molar-refractivity contribution is 8.13. The Labute approximate surface area is 134 Å². The molecule has 0 aromatic carbocycles. The minimum absolute atomic E-state index is 1.11. The van der Waals surface area contributed by atoms with Crippen molar-refractivity contribution < 1.29 is 67.8 Å². The zero-order valence-electron chi connectivity index (χ0n) is 10.3. The molecule has 0 spiro atoms. The highest BCUT2D eigenvalue weighted by atomic mass is 32.3. The number of hydrogen-bond acceptors (Lipinski definition) is 8. The van der Waals surface area contributed by atoms with Gasteiger partial charge in [0.1, 0.15) is 0 Å². The van der Waals surface area contributed by atoms with E-state index in [0.717, 1.165) is 8.25 Å². The summed E-state index contributed by atoms with van der Waals surface area (Å²) >= 11 is 0. The lowest BCUT2D eigenvalue weighted by molar-refractivity contribution is -0.244. The molecule has 1 aliphatic rings. The van der Waals surface area contributed by atoms with Gasteiger partial charge in [-0.3, -0.25) is 0 Å². The summed E-state index contributed by atoms with van der Waals surface area (Å²) in [5, 5.41) is -12.6. The Bertz CT molecular complexity index is 873. The zero-order chi connectivity index (χ0) is 20.9. The van der Waals surface area contributed by atoms with Crippen molar-refractivity contribution in [3.05, 3.63) is 8.25 Å². The molecular weight excluding hydrogens is 472 g/mol. The summed E-state index contributed by atoms with van der Waals surface area (Å²) in [7, 11) is -24.4. The van der Waals surface area contributed by atoms with Gasteiger partial charge in [-0.25, -0.2) is 33.7 Å². The van der Waals surface area contributed by atoms with Gasteiger partial charge in [0.2, 0.25) is 20.8 Å². The van der Waals surface area contributed by atoms with Gasteiger partial charge >= 0.3 is 16.4 Å². The van der Waals surface area contributed by atoms with Crippen molar-refractivity contribution in [3.8, 4) is 0 Å². The van der Waals surface area contributed by atoms with Gasteiger partial charge in [0, 0.05) is 0 Å². The first-order valence-electron chi connectivity index (χ1n) is 4.41. The Morgan fingerprint density at radius 1 is 0.680 bits per heavy atom. The van der Waals surface area contributed by atoms with Crippen LogP contribution in [0.2, 0.25) is 0 Å². The number of rotatable bonds is 2. The van der Waals surface area contributed by atoms with Gasteiger partial charge in [0.25, 0.3) is 0 Å². The second-order valence-corrected chi connectivity index (χ2v) is 9.30. The number of halogens is 8. The van der Waals surface area contributed by atoms with Crippen LogP contribution in [0, 0.1) is 0 Å². The summed E-state index contributed by atoms with van der Waals surface area (Å²) in [5.41, 5.74) is 0. The predicted octanol–water partition coefficient (Wildman–Crippen LogP) is 0.643. The molecule has 1 aliphatic heterocycles. The van der Waals surface area contributed by atoms with E-state index in [0.29, 0.717) is 0 Å². The molecule has 10 nitrogen and oxygen atoms in total. The van der Waals surface area contributed by atoms with E-state index < -0.39 is 57.3 Å². The van der Waals surface area contributed by atoms with E-state index >= 15 is 0 Å². The lowest BCUT2D eigenvalue weighted by Crippen LogP contribution is -2.64. The molecule has 0 aromatic rings. The molecule has 1 saturated heterocycles. The lowest BCUT2D eigenvalue weighted by Gasteiger charge is -2.42. The first-order chi connectivity index (χ1) is 10.4. The van der Waals surface area contributed by atoms with Crippen LogP contribution in [0.15, 0.2) is 0 Å². The predicted molar refractivity (Wildman–Crippen MR) is 59.5 cm³/mol. The Morgan fingerprint density at radius 2 is 0.920 bits per heavy atom. The average Bonchev–Trinajstić information content (AvgIpc) is 2.20. The summed E-state index contributed by atoms with van der Waals surface area (Å²) in [4.78, 5) is 0. The lowest BCUT2D eigenvalue weighted by atomic mass is 10.3. The Hall–Kier alpha value is -0.840. The van der Waals surface area contributed by atoms with Crippen molar-refractivity contribution in [1.29, 1.82) is 0 Å². The molecule has 1 rings (SSSR count). The van der Waals surface area contributed by atoms with Crippen LogP contribution in [-0.4, -0.2) is 50.1 Å². The van der Waals surface area contributed by atoms with Crippen LogP contribution in [0.4, 0.5) is 34.1 Å². The molecule has 152 valence electrons. The number of hydrogen-bond donors (Lipinski definition) is 0. The van der Waals surface area contributed by atoms with Crippen molar-refractivity contribution in [2.45, 2.75) is 16.4 Å². The van der Waals surface area contributed by atoms with Gasteiger partial charge in [-0.1, -0.05) is 0 Å². The largest absolute Gasteiger partial charge is 0.425 e. The topological polar surface area (TPSA) is 165 Å². The molecule has 0 radical (unpaired) electrons. The smallest absolute Gasteiger partial charge is 0.399 e. The third kappa shape index (κ3) is 4.66. The van der Waals surface area contributed by atoms with Gasteiger partial charge < -0.3 is 8.25 Å². The first-order valence-corrected chi connectivity index (χ1v) is 9.98. The minimum atomic E-state index is -6.60. The molecule has 0 atom stereocenters. The molecule has 22 heteroatoms. The van der Waals surface area contributed by atoms with Gasteiger partial charge in [-0.05, 0) is 0 Å². The van der Waals surface area contributed by atoms with Gasteiger partial charge in [0.05, 0.1) is 0 Å². The van der Waals surface area contributed by atoms with E-state index in [9.17, 15) is 67.8 Å². The number of nitrogens with zero attached hydrogens (tertiary/aromatic N) is 2. The maximum atomic E-state index is 12.4. The van der Waals surface area contributed by atoms with E-state index in [4.69, 9.17) is 0 Å². The summed E-state index contributed by atoms with van der Waals surface area (Å²) in [6, 6.07) is 0. The molecule has 25 heavy (non-hydrogen) atoms. The van der Waals surface area contributed by atoms with E-state index in [1.807, 2.05) is 0 Å². The summed E-state index contributed by atoms with van der Waals surface area (Å²) < 4.78 is 177. The molecule has 0 unspecified atom stereocenters. The van der Waals surface area contributed by atoms with E-state index in [2.05, 4.69) is 0 Å². The summed E-state index contributed by atoms with van der Waals surface area (Å²) in [5.74, 6) is -6.60.